The number of rotatable bonds is 1. The van der Waals surface area contributed by atoms with Crippen LogP contribution in [0.1, 0.15) is 26.7 Å². The molecule has 9 heteroatoms. The predicted molar refractivity (Wildman–Crippen MR) is 42.6 cm³/mol. The van der Waals surface area contributed by atoms with Crippen molar-refractivity contribution in [3.63, 3.8) is 0 Å². The first-order valence-corrected chi connectivity index (χ1v) is 3.91. The van der Waals surface area contributed by atoms with Gasteiger partial charge < -0.3 is 57.1 Å². The summed E-state index contributed by atoms with van der Waals surface area (Å²) >= 11 is 0. The average molecular weight is 488 g/mol. The molecule has 0 aliphatic rings. The second-order valence-corrected chi connectivity index (χ2v) is 2.22. The molecule has 4 nitrogen and oxygen atoms in total. The molecule has 0 saturated carbocycles. The first-order valence-electron chi connectivity index (χ1n) is 2.58. The third kappa shape index (κ3) is 129. The monoisotopic (exact) mass is 488 g/mol. The van der Waals surface area contributed by atoms with Crippen molar-refractivity contribution in [1.29, 1.82) is 0 Å². The molecule has 0 spiro atoms. The molecule has 13 heavy (non-hydrogen) atoms. The van der Waals surface area contributed by atoms with Crippen molar-refractivity contribution in [3.8, 4) is 0 Å². The molecule has 0 aromatic rings. The molecule has 0 fully saturated rings. The molecule has 0 unspecified atom stereocenters. The second kappa shape index (κ2) is 24.9. The molecule has 0 aliphatic heterocycles. The second-order valence-electron chi connectivity index (χ2n) is 1.41. The standard InChI is InChI=1S/C4H10.2Ca.2HI.H2O4S/c1-3-4-2;;;;;1-5(2,3)4/h3-4H2,1-2H3;;;2*1H;(H2,1,2,3,4)/q;2*+2;;;/p-4. The zero-order chi connectivity index (χ0) is 7.91. The van der Waals surface area contributed by atoms with Gasteiger partial charge in [-0.05, 0) is 0 Å². The number of halogens is 2. The van der Waals surface area contributed by atoms with Crippen molar-refractivity contribution in [2.45, 2.75) is 26.7 Å². The first kappa shape index (κ1) is 36.0. The molecule has 0 N–H and O–H groups in total. The molecule has 0 rings (SSSR count). The first-order chi connectivity index (χ1) is 3.91. The normalized spacial score (nSPS) is 6.77. The van der Waals surface area contributed by atoms with E-state index in [1.165, 1.54) is 12.8 Å². The van der Waals surface area contributed by atoms with Gasteiger partial charge in [0.1, 0.15) is 0 Å². The summed E-state index contributed by atoms with van der Waals surface area (Å²) in [6.45, 7) is 4.36. The van der Waals surface area contributed by atoms with Crippen LogP contribution in [0.4, 0.5) is 0 Å². The topological polar surface area (TPSA) is 80.3 Å². The van der Waals surface area contributed by atoms with E-state index in [0.717, 1.165) is 0 Å². The van der Waals surface area contributed by atoms with Gasteiger partial charge >= 0.3 is 75.5 Å². The molecule has 0 heterocycles. The summed E-state index contributed by atoms with van der Waals surface area (Å²) in [6.07, 6.45) is 2.64. The van der Waals surface area contributed by atoms with E-state index in [-0.39, 0.29) is 123 Å². The van der Waals surface area contributed by atoms with Crippen molar-refractivity contribution in [2.24, 2.45) is 0 Å². The smallest absolute Gasteiger partial charge is 1.00 e. The van der Waals surface area contributed by atoms with Crippen LogP contribution >= 0.6 is 0 Å². The van der Waals surface area contributed by atoms with Gasteiger partial charge in [-0.1, -0.05) is 26.7 Å². The summed E-state index contributed by atoms with van der Waals surface area (Å²) in [5, 5.41) is 0. The minimum absolute atomic E-state index is 0. The Morgan fingerprint density at radius 3 is 1.00 bits per heavy atom. The molecule has 0 aromatic heterocycles. The Morgan fingerprint density at radius 1 is 0.923 bits per heavy atom. The molecule has 0 aliphatic carbocycles. The molecular weight excluding hydrogens is 478 g/mol. The maximum Gasteiger partial charge on any atom is 2.00 e. The van der Waals surface area contributed by atoms with Crippen LogP contribution in [-0.4, -0.2) is 93.0 Å². The van der Waals surface area contributed by atoms with Gasteiger partial charge in [0.2, 0.25) is 0 Å². The van der Waals surface area contributed by atoms with E-state index in [9.17, 15) is 0 Å². The van der Waals surface area contributed by atoms with Crippen molar-refractivity contribution in [1.82, 2.24) is 0 Å². The molecule has 74 valence electrons. The molecular formula is C4H10Ca2I2O4S. The Balaban J connectivity index is -0.0000000146. The molecule has 0 bridgehead atoms. The van der Waals surface area contributed by atoms with Crippen molar-refractivity contribution in [2.75, 3.05) is 0 Å². The van der Waals surface area contributed by atoms with Gasteiger partial charge in [0, 0.05) is 10.4 Å². The van der Waals surface area contributed by atoms with Crippen LogP contribution in [0.2, 0.25) is 0 Å². The molecule has 0 saturated heterocycles. The Morgan fingerprint density at radius 2 is 1.00 bits per heavy atom. The SMILES string of the molecule is CCCC.O=S(=O)([O-])[O-].[Ca+2].[Ca+2].[I-].[I-]. The van der Waals surface area contributed by atoms with Gasteiger partial charge in [-0.15, -0.1) is 0 Å². The van der Waals surface area contributed by atoms with Gasteiger partial charge in [-0.2, -0.15) is 0 Å². The zero-order valence-corrected chi connectivity index (χ0v) is 17.2. The quantitative estimate of drug-likeness (QED) is 0.159. The average Bonchev–Trinajstić information content (AvgIpc) is 1.61. The molecule has 0 amide bonds. The van der Waals surface area contributed by atoms with Crippen molar-refractivity contribution >= 4 is 85.9 Å². The van der Waals surface area contributed by atoms with Crippen LogP contribution < -0.4 is 48.0 Å². The Labute approximate surface area is 174 Å². The van der Waals surface area contributed by atoms with Gasteiger partial charge in [0.15, 0.2) is 0 Å². The van der Waals surface area contributed by atoms with Gasteiger partial charge in [0.25, 0.3) is 0 Å². The fraction of sp³-hybridized carbons (Fsp3) is 1.00. The maximum atomic E-state index is 8.52. The van der Waals surface area contributed by atoms with E-state index in [2.05, 4.69) is 13.8 Å². The predicted octanol–water partition coefficient (Wildman–Crippen LogP) is -6.29. The third-order valence-corrected chi connectivity index (χ3v) is 0.500. The Hall–Kier alpha value is 3.85. The van der Waals surface area contributed by atoms with Crippen LogP contribution in [0.5, 0.6) is 0 Å². The van der Waals surface area contributed by atoms with Crippen molar-refractivity contribution in [3.05, 3.63) is 0 Å². The largest absolute Gasteiger partial charge is 2.00 e. The van der Waals surface area contributed by atoms with Gasteiger partial charge in [0.05, 0.1) is 0 Å². The third-order valence-electron chi connectivity index (χ3n) is 0.500. The summed E-state index contributed by atoms with van der Waals surface area (Å²) < 4.78 is 34.1. The summed E-state index contributed by atoms with van der Waals surface area (Å²) in [5.41, 5.74) is 0. The van der Waals surface area contributed by atoms with E-state index in [1.54, 1.807) is 0 Å². The van der Waals surface area contributed by atoms with E-state index < -0.39 is 10.4 Å². The van der Waals surface area contributed by atoms with Crippen LogP contribution in [0.3, 0.4) is 0 Å². The minimum atomic E-state index is -5.17. The maximum absolute atomic E-state index is 8.52. The fourth-order valence-corrected chi connectivity index (χ4v) is 0. The van der Waals surface area contributed by atoms with Crippen LogP contribution in [0.15, 0.2) is 0 Å². The number of hydrogen-bond donors (Lipinski definition) is 0. The summed E-state index contributed by atoms with van der Waals surface area (Å²) in [5.74, 6) is 0. The summed E-state index contributed by atoms with van der Waals surface area (Å²) in [6, 6.07) is 0. The van der Waals surface area contributed by atoms with E-state index in [1.807, 2.05) is 0 Å². The Bertz CT molecular complexity index is 131. The minimum Gasteiger partial charge on any atom is -1.00 e. The fourth-order valence-electron chi connectivity index (χ4n) is 0. The van der Waals surface area contributed by atoms with Gasteiger partial charge in [-0.25, -0.2) is 0 Å². The van der Waals surface area contributed by atoms with Crippen LogP contribution in [-0.2, 0) is 10.4 Å². The molecule has 0 radical (unpaired) electrons. The van der Waals surface area contributed by atoms with Crippen molar-refractivity contribution < 1.29 is 65.5 Å². The Kier molecular flexibility index (Phi) is 68.8. The van der Waals surface area contributed by atoms with E-state index in [4.69, 9.17) is 17.5 Å². The summed E-state index contributed by atoms with van der Waals surface area (Å²) in [4.78, 5) is 0. The molecule has 0 atom stereocenters. The zero-order valence-electron chi connectivity index (χ0n) is 7.63. The summed E-state index contributed by atoms with van der Waals surface area (Å²) in [7, 11) is -5.17. The van der Waals surface area contributed by atoms with Crippen LogP contribution in [0, 0.1) is 0 Å². The van der Waals surface area contributed by atoms with E-state index in [0.29, 0.717) is 0 Å². The number of hydrogen-bond acceptors (Lipinski definition) is 4. The van der Waals surface area contributed by atoms with E-state index >= 15 is 0 Å². The molecule has 0 aromatic carbocycles. The number of unbranched alkanes of at least 4 members (excludes halogenated alkanes) is 1. The van der Waals surface area contributed by atoms with Gasteiger partial charge in [-0.3, -0.25) is 8.42 Å². The van der Waals surface area contributed by atoms with Crippen LogP contribution in [0.25, 0.3) is 0 Å².